The van der Waals surface area contributed by atoms with Gasteiger partial charge in [0.1, 0.15) is 17.3 Å². The largest absolute Gasteiger partial charge is 0.497 e. The molecule has 11 nitrogen and oxygen atoms in total. The second kappa shape index (κ2) is 12.3. The number of hydrogen-bond donors (Lipinski definition) is 3. The van der Waals surface area contributed by atoms with Gasteiger partial charge in [0.2, 0.25) is 5.95 Å². The SMILES string of the molecule is COc1ccc(-c2nc(N)ccc2CNCC2CCN(c3nccc(C=C4SC(=O)NC4=O)n3)CC2)c(OC)c1. The van der Waals surface area contributed by atoms with Crippen molar-refractivity contribution in [2.75, 3.05) is 44.5 Å². The molecule has 1 aromatic carbocycles. The zero-order valence-electron chi connectivity index (χ0n) is 22.3. The number of nitrogens with zero attached hydrogens (tertiary/aromatic N) is 4. The second-order valence-corrected chi connectivity index (χ2v) is 10.5. The van der Waals surface area contributed by atoms with Gasteiger partial charge in [-0.2, -0.15) is 0 Å². The highest BCUT2D eigenvalue weighted by Gasteiger charge is 2.26. The molecule has 0 atom stereocenters. The number of amides is 2. The molecule has 2 saturated heterocycles. The number of benzene rings is 1. The van der Waals surface area contributed by atoms with Crippen molar-refractivity contribution < 1.29 is 19.1 Å². The van der Waals surface area contributed by atoms with Crippen LogP contribution in [0, 0.1) is 5.92 Å². The first kappa shape index (κ1) is 27.4. The third-order valence-corrected chi connectivity index (χ3v) is 7.71. The predicted octanol–water partition coefficient (Wildman–Crippen LogP) is 3.47. The van der Waals surface area contributed by atoms with Gasteiger partial charge in [-0.05, 0) is 73.0 Å². The monoisotopic (exact) mass is 561 g/mol. The molecule has 208 valence electrons. The van der Waals surface area contributed by atoms with Gasteiger partial charge >= 0.3 is 0 Å². The van der Waals surface area contributed by atoms with Crippen LogP contribution in [-0.4, -0.2) is 60.0 Å². The second-order valence-electron chi connectivity index (χ2n) is 9.51. The van der Waals surface area contributed by atoms with Gasteiger partial charge in [0, 0.05) is 37.5 Å². The number of imide groups is 1. The smallest absolute Gasteiger partial charge is 0.290 e. The van der Waals surface area contributed by atoms with E-state index in [9.17, 15) is 9.59 Å². The van der Waals surface area contributed by atoms with E-state index in [0.29, 0.717) is 46.3 Å². The fourth-order valence-corrected chi connectivity index (χ4v) is 5.44. The molecule has 5 rings (SSSR count). The quantitative estimate of drug-likeness (QED) is 0.330. The van der Waals surface area contributed by atoms with Crippen LogP contribution in [-0.2, 0) is 11.3 Å². The van der Waals surface area contributed by atoms with E-state index >= 15 is 0 Å². The normalized spacial score (nSPS) is 16.9. The highest BCUT2D eigenvalue weighted by Crippen LogP contribution is 2.34. The van der Waals surface area contributed by atoms with Crippen molar-refractivity contribution in [1.82, 2.24) is 25.6 Å². The number of ether oxygens (including phenoxy) is 2. The Kier molecular flexibility index (Phi) is 8.46. The minimum absolute atomic E-state index is 0.337. The number of anilines is 2. The first-order valence-electron chi connectivity index (χ1n) is 12.9. The number of carbonyl (C=O) groups excluding carboxylic acids is 2. The molecular formula is C28H31N7O4S. The van der Waals surface area contributed by atoms with Gasteiger partial charge in [-0.1, -0.05) is 6.07 Å². The Bertz CT molecular complexity index is 1440. The van der Waals surface area contributed by atoms with Crippen LogP contribution in [0.5, 0.6) is 11.5 Å². The molecule has 0 aliphatic carbocycles. The Balaban J connectivity index is 1.18. The summed E-state index contributed by atoms with van der Waals surface area (Å²) in [6.07, 6.45) is 5.29. The number of piperidine rings is 1. The summed E-state index contributed by atoms with van der Waals surface area (Å²) < 4.78 is 10.9. The molecule has 0 unspecified atom stereocenters. The van der Waals surface area contributed by atoms with Crippen LogP contribution < -0.4 is 30.7 Å². The number of nitrogens with one attached hydrogen (secondary N) is 2. The van der Waals surface area contributed by atoms with Crippen molar-refractivity contribution in [1.29, 1.82) is 0 Å². The van der Waals surface area contributed by atoms with Crippen molar-refractivity contribution in [3.8, 4) is 22.8 Å². The summed E-state index contributed by atoms with van der Waals surface area (Å²) in [4.78, 5) is 39.4. The predicted molar refractivity (Wildman–Crippen MR) is 155 cm³/mol. The van der Waals surface area contributed by atoms with E-state index in [4.69, 9.17) is 15.2 Å². The topological polar surface area (TPSA) is 145 Å². The Hall–Kier alpha value is -4.16. The number of carbonyl (C=O) groups is 2. The minimum Gasteiger partial charge on any atom is -0.497 e. The zero-order valence-corrected chi connectivity index (χ0v) is 23.2. The van der Waals surface area contributed by atoms with E-state index in [1.807, 2.05) is 30.3 Å². The molecule has 0 spiro atoms. The third-order valence-electron chi connectivity index (χ3n) is 6.90. The van der Waals surface area contributed by atoms with Crippen LogP contribution in [0.15, 0.2) is 47.5 Å². The highest BCUT2D eigenvalue weighted by atomic mass is 32.2. The molecule has 2 amide bonds. The summed E-state index contributed by atoms with van der Waals surface area (Å²) in [6.45, 7) is 3.17. The van der Waals surface area contributed by atoms with Gasteiger partial charge in [-0.25, -0.2) is 15.0 Å². The Morgan fingerprint density at radius 2 is 1.95 bits per heavy atom. The molecule has 2 fully saturated rings. The third kappa shape index (κ3) is 6.35. The number of methoxy groups -OCH3 is 2. The van der Waals surface area contributed by atoms with Crippen LogP contribution >= 0.6 is 11.8 Å². The van der Waals surface area contributed by atoms with Gasteiger partial charge in [0.25, 0.3) is 11.1 Å². The maximum Gasteiger partial charge on any atom is 0.290 e. The number of hydrogen-bond acceptors (Lipinski definition) is 11. The molecular weight excluding hydrogens is 530 g/mol. The van der Waals surface area contributed by atoms with Gasteiger partial charge in [0.05, 0.1) is 30.5 Å². The number of nitrogen functional groups attached to an aromatic ring is 1. The Morgan fingerprint density at radius 1 is 1.12 bits per heavy atom. The molecule has 4 heterocycles. The fourth-order valence-electron chi connectivity index (χ4n) is 4.77. The molecule has 2 aliphatic rings. The summed E-state index contributed by atoms with van der Waals surface area (Å²) in [5.41, 5.74) is 9.31. The van der Waals surface area contributed by atoms with Crippen molar-refractivity contribution in [3.05, 3.63) is 58.8 Å². The molecule has 0 radical (unpaired) electrons. The maximum absolute atomic E-state index is 11.8. The lowest BCUT2D eigenvalue weighted by Gasteiger charge is -2.32. The standard InChI is InChI=1S/C28H31N7O4S/c1-38-20-4-5-21(22(14-20)39-2)25-18(3-6-24(29)33-25)16-30-15-17-8-11-35(12-9-17)27-31-10-7-19(32-27)13-23-26(36)34-28(37)40-23/h3-7,10,13-14,17,30H,8-9,11-12,15-16H2,1-2H3,(H2,29,33)(H,34,36,37). The number of pyridine rings is 1. The van der Waals surface area contributed by atoms with E-state index in [2.05, 4.69) is 30.5 Å². The summed E-state index contributed by atoms with van der Waals surface area (Å²) in [5.74, 6) is 2.57. The van der Waals surface area contributed by atoms with E-state index in [1.54, 1.807) is 32.6 Å². The lowest BCUT2D eigenvalue weighted by atomic mass is 9.96. The molecule has 2 aliphatic heterocycles. The highest BCUT2D eigenvalue weighted by molar-refractivity contribution is 8.18. The number of nitrogens with two attached hydrogens (primary N) is 1. The van der Waals surface area contributed by atoms with Gasteiger partial charge < -0.3 is 25.4 Å². The Morgan fingerprint density at radius 3 is 2.67 bits per heavy atom. The van der Waals surface area contributed by atoms with E-state index in [0.717, 1.165) is 61.1 Å². The molecule has 12 heteroatoms. The van der Waals surface area contributed by atoms with E-state index in [-0.39, 0.29) is 5.24 Å². The first-order valence-corrected chi connectivity index (χ1v) is 13.8. The molecule has 0 saturated carbocycles. The number of thioether (sulfide) groups is 1. The lowest BCUT2D eigenvalue weighted by molar-refractivity contribution is -0.115. The molecule has 40 heavy (non-hydrogen) atoms. The first-order chi connectivity index (χ1) is 19.4. The van der Waals surface area contributed by atoms with Crippen LogP contribution in [0.2, 0.25) is 0 Å². The van der Waals surface area contributed by atoms with Crippen molar-refractivity contribution in [2.45, 2.75) is 19.4 Å². The van der Waals surface area contributed by atoms with Crippen LogP contribution in [0.3, 0.4) is 0 Å². The maximum atomic E-state index is 11.8. The van der Waals surface area contributed by atoms with Gasteiger partial charge in [-0.3, -0.25) is 14.9 Å². The molecule has 2 aromatic heterocycles. The Labute approximate surface area is 236 Å². The summed E-state index contributed by atoms with van der Waals surface area (Å²) >= 11 is 0.879. The number of rotatable bonds is 9. The fraction of sp³-hybridized carbons (Fsp3) is 0.321. The van der Waals surface area contributed by atoms with Crippen LogP contribution in [0.4, 0.5) is 16.6 Å². The van der Waals surface area contributed by atoms with E-state index in [1.165, 1.54) is 0 Å². The van der Waals surface area contributed by atoms with Crippen molar-refractivity contribution >= 4 is 40.8 Å². The van der Waals surface area contributed by atoms with Crippen LogP contribution in [0.25, 0.3) is 17.3 Å². The van der Waals surface area contributed by atoms with Gasteiger partial charge in [0.15, 0.2) is 0 Å². The van der Waals surface area contributed by atoms with Crippen molar-refractivity contribution in [2.24, 2.45) is 5.92 Å². The number of aromatic nitrogens is 3. The average Bonchev–Trinajstić information content (AvgIpc) is 3.29. The average molecular weight is 562 g/mol. The van der Waals surface area contributed by atoms with Crippen LogP contribution in [0.1, 0.15) is 24.1 Å². The molecule has 4 N–H and O–H groups in total. The summed E-state index contributed by atoms with van der Waals surface area (Å²) in [6, 6.07) is 11.2. The van der Waals surface area contributed by atoms with Crippen molar-refractivity contribution in [3.63, 3.8) is 0 Å². The summed E-state index contributed by atoms with van der Waals surface area (Å²) in [5, 5.41) is 5.49. The summed E-state index contributed by atoms with van der Waals surface area (Å²) in [7, 11) is 3.25. The lowest BCUT2D eigenvalue weighted by Crippen LogP contribution is -2.38. The molecule has 3 aromatic rings. The minimum atomic E-state index is -0.395. The zero-order chi connectivity index (χ0) is 28.1. The molecule has 0 bridgehead atoms. The van der Waals surface area contributed by atoms with E-state index < -0.39 is 5.91 Å². The van der Waals surface area contributed by atoms with Gasteiger partial charge in [-0.15, -0.1) is 0 Å².